The third-order valence-corrected chi connectivity index (χ3v) is 4.57. The van der Waals surface area contributed by atoms with Gasteiger partial charge in [-0.15, -0.1) is 0 Å². The van der Waals surface area contributed by atoms with Crippen LogP contribution in [0.3, 0.4) is 0 Å². The van der Waals surface area contributed by atoms with E-state index in [0.29, 0.717) is 5.70 Å². The van der Waals surface area contributed by atoms with E-state index < -0.39 is 0 Å². The largest absolute Gasteiger partial charge is 0.399 e. The molecule has 2 rings (SSSR count). The fraction of sp³-hybridized carbons (Fsp3) is 0.250. The highest BCUT2D eigenvalue weighted by molar-refractivity contribution is 5.63. The molecule has 0 atom stereocenters. The molecule has 0 aliphatic rings. The van der Waals surface area contributed by atoms with Crippen molar-refractivity contribution in [1.82, 2.24) is 10.2 Å². The SMILES string of the molecule is C=C(N)c1ccccc1C/C=C(\C=C(/N)N(CCC)Cc1ccccc1)NC. The predicted molar refractivity (Wildman–Crippen MR) is 120 cm³/mol. The molecule has 0 saturated carbocycles. The van der Waals surface area contributed by atoms with Gasteiger partial charge in [0.1, 0.15) is 5.82 Å². The normalized spacial score (nSPS) is 11.9. The lowest BCUT2D eigenvalue weighted by Gasteiger charge is -2.25. The molecular weight excluding hydrogens is 344 g/mol. The number of rotatable bonds is 10. The Labute approximate surface area is 169 Å². The molecular formula is C24H32N4. The van der Waals surface area contributed by atoms with Gasteiger partial charge < -0.3 is 21.7 Å². The number of nitrogens with two attached hydrogens (primary N) is 2. The van der Waals surface area contributed by atoms with Crippen molar-refractivity contribution in [2.45, 2.75) is 26.3 Å². The first-order valence-electron chi connectivity index (χ1n) is 9.71. The van der Waals surface area contributed by atoms with Gasteiger partial charge in [-0.25, -0.2) is 0 Å². The summed E-state index contributed by atoms with van der Waals surface area (Å²) in [7, 11) is 1.91. The molecule has 0 fully saturated rings. The van der Waals surface area contributed by atoms with Crippen LogP contribution in [0.15, 0.2) is 84.8 Å². The molecule has 0 heterocycles. The summed E-state index contributed by atoms with van der Waals surface area (Å²) in [5.74, 6) is 0.753. The van der Waals surface area contributed by atoms with Gasteiger partial charge >= 0.3 is 0 Å². The number of nitrogens with zero attached hydrogens (tertiary/aromatic N) is 1. The number of hydrogen-bond acceptors (Lipinski definition) is 4. The molecule has 4 heteroatoms. The van der Waals surface area contributed by atoms with E-state index in [9.17, 15) is 0 Å². The van der Waals surface area contributed by atoms with Gasteiger partial charge in [0.15, 0.2) is 0 Å². The second-order valence-corrected chi connectivity index (χ2v) is 6.77. The zero-order valence-corrected chi connectivity index (χ0v) is 17.0. The molecule has 28 heavy (non-hydrogen) atoms. The monoisotopic (exact) mass is 376 g/mol. The van der Waals surface area contributed by atoms with Crippen molar-refractivity contribution in [1.29, 1.82) is 0 Å². The van der Waals surface area contributed by atoms with Crippen LogP contribution in [0.25, 0.3) is 5.70 Å². The Morgan fingerprint density at radius 2 is 1.75 bits per heavy atom. The minimum atomic E-state index is 0.585. The van der Waals surface area contributed by atoms with Crippen molar-refractivity contribution in [3.8, 4) is 0 Å². The average Bonchev–Trinajstić information content (AvgIpc) is 2.71. The van der Waals surface area contributed by atoms with E-state index in [-0.39, 0.29) is 0 Å². The summed E-state index contributed by atoms with van der Waals surface area (Å²) in [6.45, 7) is 7.73. The first kappa shape index (κ1) is 21.2. The van der Waals surface area contributed by atoms with Crippen molar-refractivity contribution in [3.63, 3.8) is 0 Å². The number of allylic oxidation sites excluding steroid dienone is 2. The van der Waals surface area contributed by atoms with Crippen LogP contribution in [-0.2, 0) is 13.0 Å². The number of hydrogen-bond donors (Lipinski definition) is 3. The summed E-state index contributed by atoms with van der Waals surface area (Å²) in [5.41, 5.74) is 17.3. The molecule has 0 unspecified atom stereocenters. The van der Waals surface area contributed by atoms with E-state index >= 15 is 0 Å². The van der Waals surface area contributed by atoms with Crippen LogP contribution < -0.4 is 16.8 Å². The Bertz CT molecular complexity index is 822. The van der Waals surface area contributed by atoms with Crippen molar-refractivity contribution < 1.29 is 0 Å². The molecule has 4 nitrogen and oxygen atoms in total. The molecule has 0 aromatic heterocycles. The van der Waals surface area contributed by atoms with Crippen molar-refractivity contribution in [2.75, 3.05) is 13.6 Å². The second-order valence-electron chi connectivity index (χ2n) is 6.77. The summed E-state index contributed by atoms with van der Waals surface area (Å²) in [5, 5.41) is 3.24. The predicted octanol–water partition coefficient (Wildman–Crippen LogP) is 3.97. The van der Waals surface area contributed by atoms with Gasteiger partial charge in [0.2, 0.25) is 0 Å². The standard InChI is InChI=1S/C24H32N4/c1-4-16-28(18-20-10-6-5-7-11-20)24(26)17-22(27-3)15-14-21-12-8-9-13-23(21)19(2)25/h5-13,15,17,27H,2,4,14,16,18,25-26H2,1,3H3/b22-15+,24-17+. The third-order valence-electron chi connectivity index (χ3n) is 4.57. The molecule has 0 spiro atoms. The second kappa shape index (κ2) is 10.9. The lowest BCUT2D eigenvalue weighted by molar-refractivity contribution is 0.333. The molecule has 2 aromatic rings. The fourth-order valence-electron chi connectivity index (χ4n) is 3.09. The molecule has 0 saturated heterocycles. The van der Waals surface area contributed by atoms with Crippen molar-refractivity contribution in [2.24, 2.45) is 11.5 Å². The van der Waals surface area contributed by atoms with Crippen LogP contribution in [0.1, 0.15) is 30.0 Å². The molecule has 0 aliphatic carbocycles. The van der Waals surface area contributed by atoms with Crippen molar-refractivity contribution in [3.05, 3.63) is 102 Å². The Morgan fingerprint density at radius 3 is 2.39 bits per heavy atom. The maximum absolute atomic E-state index is 6.45. The maximum Gasteiger partial charge on any atom is 0.101 e. The zero-order chi connectivity index (χ0) is 20.4. The molecule has 5 N–H and O–H groups in total. The van der Waals surface area contributed by atoms with E-state index in [0.717, 1.165) is 48.6 Å². The van der Waals surface area contributed by atoms with E-state index in [1.165, 1.54) is 5.56 Å². The van der Waals surface area contributed by atoms with Gasteiger partial charge in [0, 0.05) is 43.2 Å². The molecule has 0 bridgehead atoms. The minimum absolute atomic E-state index is 0.585. The molecule has 2 aromatic carbocycles. The van der Waals surface area contributed by atoms with Gasteiger partial charge in [-0.3, -0.25) is 0 Å². The van der Waals surface area contributed by atoms with Crippen LogP contribution in [0.4, 0.5) is 0 Å². The number of likely N-dealkylation sites (N-methyl/N-ethyl adjacent to an activating group) is 1. The van der Waals surface area contributed by atoms with E-state index in [2.05, 4.69) is 60.1 Å². The maximum atomic E-state index is 6.45. The van der Waals surface area contributed by atoms with Crippen LogP contribution >= 0.6 is 0 Å². The van der Waals surface area contributed by atoms with Crippen LogP contribution in [0.5, 0.6) is 0 Å². The number of nitrogens with one attached hydrogen (secondary N) is 1. The minimum Gasteiger partial charge on any atom is -0.399 e. The van der Waals surface area contributed by atoms with Crippen LogP contribution in [0, 0.1) is 0 Å². The summed E-state index contributed by atoms with van der Waals surface area (Å²) in [6, 6.07) is 18.5. The van der Waals surface area contributed by atoms with Crippen LogP contribution in [0.2, 0.25) is 0 Å². The molecule has 148 valence electrons. The highest BCUT2D eigenvalue weighted by Crippen LogP contribution is 2.16. The first-order chi connectivity index (χ1) is 13.5. The highest BCUT2D eigenvalue weighted by Gasteiger charge is 2.08. The van der Waals surface area contributed by atoms with E-state index in [1.807, 2.05) is 37.4 Å². The van der Waals surface area contributed by atoms with Gasteiger partial charge in [0.25, 0.3) is 0 Å². The van der Waals surface area contributed by atoms with Gasteiger partial charge in [-0.2, -0.15) is 0 Å². The van der Waals surface area contributed by atoms with E-state index in [4.69, 9.17) is 11.5 Å². The first-order valence-corrected chi connectivity index (χ1v) is 9.71. The fourth-order valence-corrected chi connectivity index (χ4v) is 3.09. The van der Waals surface area contributed by atoms with Crippen molar-refractivity contribution >= 4 is 5.70 Å². The van der Waals surface area contributed by atoms with E-state index in [1.54, 1.807) is 0 Å². The number of benzene rings is 2. The lowest BCUT2D eigenvalue weighted by Crippen LogP contribution is -2.29. The van der Waals surface area contributed by atoms with Gasteiger partial charge in [-0.1, -0.05) is 74.2 Å². The summed E-state index contributed by atoms with van der Waals surface area (Å²) < 4.78 is 0. The molecule has 0 aliphatic heterocycles. The average molecular weight is 377 g/mol. The quantitative estimate of drug-likeness (QED) is 0.549. The Hall–Kier alpha value is -3.14. The summed E-state index contributed by atoms with van der Waals surface area (Å²) >= 11 is 0. The molecule has 0 radical (unpaired) electrons. The smallest absolute Gasteiger partial charge is 0.101 e. The molecule has 0 amide bonds. The van der Waals surface area contributed by atoms with Crippen LogP contribution in [-0.4, -0.2) is 18.5 Å². The van der Waals surface area contributed by atoms with Gasteiger partial charge in [-0.05, 0) is 24.0 Å². The highest BCUT2D eigenvalue weighted by atomic mass is 15.2. The topological polar surface area (TPSA) is 67.3 Å². The summed E-state index contributed by atoms with van der Waals surface area (Å²) in [4.78, 5) is 2.20. The third kappa shape index (κ3) is 6.23. The Balaban J connectivity index is 2.18. The Kier molecular flexibility index (Phi) is 8.22. The summed E-state index contributed by atoms with van der Waals surface area (Å²) in [6.07, 6.45) is 5.91. The lowest BCUT2D eigenvalue weighted by atomic mass is 10.0. The van der Waals surface area contributed by atoms with Gasteiger partial charge in [0.05, 0.1) is 0 Å². The Morgan fingerprint density at radius 1 is 1.07 bits per heavy atom. The zero-order valence-electron chi connectivity index (χ0n) is 17.0.